The molecule has 1 aliphatic carbocycles. The monoisotopic (exact) mass is 517 g/mol. The van der Waals surface area contributed by atoms with E-state index >= 15 is 0 Å². The first kappa shape index (κ1) is 24.7. The third-order valence-corrected chi connectivity index (χ3v) is 8.98. The number of amides is 2. The molecular weight excluding hydrogens is 490 g/mol. The number of thioether (sulfide) groups is 1. The largest absolute Gasteiger partial charge is 0.465 e. The number of carbonyl (C=O) groups is 3. The van der Waals surface area contributed by atoms with Gasteiger partial charge in [0.05, 0.1) is 34.4 Å². The van der Waals surface area contributed by atoms with Gasteiger partial charge in [-0.25, -0.2) is 4.79 Å². The Hall–Kier alpha value is -2.43. The van der Waals surface area contributed by atoms with Crippen molar-refractivity contribution < 1.29 is 19.1 Å². The molecule has 34 heavy (non-hydrogen) atoms. The van der Waals surface area contributed by atoms with Gasteiger partial charge in [0, 0.05) is 11.9 Å². The van der Waals surface area contributed by atoms with Crippen molar-refractivity contribution in [3.63, 3.8) is 0 Å². The van der Waals surface area contributed by atoms with E-state index < -0.39 is 5.97 Å². The zero-order valence-corrected chi connectivity index (χ0v) is 22.0. The maximum Gasteiger partial charge on any atom is 0.341 e. The maximum atomic E-state index is 12.6. The van der Waals surface area contributed by atoms with Gasteiger partial charge in [0.2, 0.25) is 5.91 Å². The van der Waals surface area contributed by atoms with Gasteiger partial charge >= 0.3 is 5.97 Å². The van der Waals surface area contributed by atoms with Crippen LogP contribution in [0.4, 0.5) is 5.00 Å². The Morgan fingerprint density at radius 3 is 2.82 bits per heavy atom. The number of rotatable bonds is 6. The molecule has 7 nitrogen and oxygen atoms in total. The number of benzene rings is 1. The lowest BCUT2D eigenvalue weighted by Gasteiger charge is -2.18. The lowest BCUT2D eigenvalue weighted by Crippen LogP contribution is -2.18. The number of aryl methyl sites for hydroxylation is 2. The van der Waals surface area contributed by atoms with Crippen LogP contribution in [0.1, 0.15) is 39.7 Å². The maximum absolute atomic E-state index is 12.6. The third kappa shape index (κ3) is 5.29. The average Bonchev–Trinajstić information content (AvgIpc) is 3.29. The Morgan fingerprint density at radius 2 is 2.06 bits per heavy atom. The van der Waals surface area contributed by atoms with Gasteiger partial charge in [-0.3, -0.25) is 9.59 Å². The summed E-state index contributed by atoms with van der Waals surface area (Å²) in [5.74, 6) is -0.209. The van der Waals surface area contributed by atoms with Crippen LogP contribution in [-0.2, 0) is 34.2 Å². The molecule has 0 spiro atoms. The minimum absolute atomic E-state index is 0.0958. The number of hydrogen-bond acceptors (Lipinski definition) is 7. The number of fused-ring (bicyclic) bond motifs is 2. The molecule has 0 bridgehead atoms. The summed E-state index contributed by atoms with van der Waals surface area (Å²) >= 11 is 4.13. The van der Waals surface area contributed by atoms with Crippen LogP contribution in [0.5, 0.6) is 0 Å². The lowest BCUT2D eigenvalue weighted by molar-refractivity contribution is -0.115. The van der Waals surface area contributed by atoms with E-state index in [1.807, 2.05) is 30.7 Å². The van der Waals surface area contributed by atoms with Gasteiger partial charge in [0.1, 0.15) is 5.00 Å². The molecule has 1 aromatic carbocycles. The summed E-state index contributed by atoms with van der Waals surface area (Å²) in [7, 11) is 3.24. The zero-order chi connectivity index (χ0) is 24.4. The first-order valence-electron chi connectivity index (χ1n) is 11.0. The summed E-state index contributed by atoms with van der Waals surface area (Å²) in [4.78, 5) is 43.4. The van der Waals surface area contributed by atoms with Gasteiger partial charge in [0.15, 0.2) is 4.80 Å². The van der Waals surface area contributed by atoms with Crippen molar-refractivity contribution in [2.24, 2.45) is 18.0 Å². The van der Waals surface area contributed by atoms with Crippen LogP contribution in [0.3, 0.4) is 0 Å². The number of esters is 1. The standard InChI is InChI=1S/C24H27N3O4S3/c1-13-5-7-15-17(9-13)33-22(21(15)23(30)31-4)25-19(28)11-32-12-20(29)26-24-27(3)16-8-6-14(2)10-18(16)34-24/h6,8,10,13H,5,7,9,11-12H2,1-4H3,(H,25,28). The zero-order valence-electron chi connectivity index (χ0n) is 19.6. The van der Waals surface area contributed by atoms with Gasteiger partial charge in [-0.05, 0) is 55.4 Å². The second-order valence-electron chi connectivity index (χ2n) is 8.51. The molecule has 1 aliphatic rings. The highest BCUT2D eigenvalue weighted by Crippen LogP contribution is 2.40. The Bertz CT molecular complexity index is 1340. The Balaban J connectivity index is 1.39. The second kappa shape index (κ2) is 10.5. The highest BCUT2D eigenvalue weighted by Gasteiger charge is 2.28. The van der Waals surface area contributed by atoms with Crippen LogP contribution in [0.25, 0.3) is 10.2 Å². The fourth-order valence-corrected chi connectivity index (χ4v) is 7.19. The number of aromatic nitrogens is 1. The molecule has 0 saturated heterocycles. The quantitative estimate of drug-likeness (QED) is 0.492. The van der Waals surface area contributed by atoms with E-state index in [0.717, 1.165) is 45.5 Å². The van der Waals surface area contributed by atoms with Crippen LogP contribution in [0, 0.1) is 12.8 Å². The Kier molecular flexibility index (Phi) is 7.59. The van der Waals surface area contributed by atoms with Crippen LogP contribution in [0.2, 0.25) is 0 Å². The van der Waals surface area contributed by atoms with Crippen molar-refractivity contribution in [2.45, 2.75) is 33.1 Å². The number of carbonyl (C=O) groups excluding carboxylic acids is 3. The summed E-state index contributed by atoms with van der Waals surface area (Å²) in [6, 6.07) is 6.13. The molecule has 4 rings (SSSR count). The molecule has 10 heteroatoms. The molecule has 1 unspecified atom stereocenters. The number of thiazole rings is 1. The van der Waals surface area contributed by atoms with Gasteiger partial charge < -0.3 is 14.6 Å². The summed E-state index contributed by atoms with van der Waals surface area (Å²) in [5, 5.41) is 3.41. The SMILES string of the molecule is COC(=O)c1c(NC(=O)CSCC(=O)N=c2sc3cc(C)ccc3n2C)sc2c1CCC(C)C2. The number of ether oxygens (including phenoxy) is 1. The minimum atomic E-state index is -0.421. The van der Waals surface area contributed by atoms with E-state index in [9.17, 15) is 14.4 Å². The predicted octanol–water partition coefficient (Wildman–Crippen LogP) is 4.32. The molecule has 0 saturated carbocycles. The smallest absolute Gasteiger partial charge is 0.341 e. The van der Waals surface area contributed by atoms with Crippen LogP contribution < -0.4 is 10.1 Å². The molecule has 0 fully saturated rings. The topological polar surface area (TPSA) is 89.8 Å². The summed E-state index contributed by atoms with van der Waals surface area (Å²) in [6.45, 7) is 4.22. The summed E-state index contributed by atoms with van der Waals surface area (Å²) < 4.78 is 7.95. The molecule has 2 aromatic heterocycles. The molecule has 2 heterocycles. The van der Waals surface area contributed by atoms with Crippen molar-refractivity contribution in [2.75, 3.05) is 23.9 Å². The van der Waals surface area contributed by atoms with Crippen LogP contribution in [-0.4, -0.2) is 41.0 Å². The summed E-state index contributed by atoms with van der Waals surface area (Å²) in [6.07, 6.45) is 2.73. The molecule has 180 valence electrons. The first-order chi connectivity index (χ1) is 16.3. The van der Waals surface area contributed by atoms with E-state index in [0.29, 0.717) is 21.3 Å². The van der Waals surface area contributed by atoms with Crippen molar-refractivity contribution in [3.8, 4) is 0 Å². The number of thiophene rings is 1. The van der Waals surface area contributed by atoms with Crippen LogP contribution >= 0.6 is 34.4 Å². The Morgan fingerprint density at radius 1 is 1.26 bits per heavy atom. The minimum Gasteiger partial charge on any atom is -0.465 e. The number of hydrogen-bond donors (Lipinski definition) is 1. The molecule has 0 aliphatic heterocycles. The van der Waals surface area contributed by atoms with E-state index in [-0.39, 0.29) is 23.3 Å². The molecule has 3 aromatic rings. The first-order valence-corrected chi connectivity index (χ1v) is 13.8. The number of nitrogens with one attached hydrogen (secondary N) is 1. The normalized spacial score (nSPS) is 15.9. The molecule has 2 amide bonds. The van der Waals surface area contributed by atoms with Gasteiger partial charge in [-0.2, -0.15) is 4.99 Å². The molecule has 1 N–H and O–H groups in total. The van der Waals surface area contributed by atoms with E-state index in [2.05, 4.69) is 23.3 Å². The Labute approximate surface area is 210 Å². The van der Waals surface area contributed by atoms with Gasteiger partial charge in [-0.15, -0.1) is 23.1 Å². The van der Waals surface area contributed by atoms with Crippen LogP contribution in [0.15, 0.2) is 23.2 Å². The molecule has 0 radical (unpaired) electrons. The van der Waals surface area contributed by atoms with Gasteiger partial charge in [-0.1, -0.05) is 24.3 Å². The van der Waals surface area contributed by atoms with Crippen molar-refractivity contribution in [1.82, 2.24) is 4.57 Å². The number of methoxy groups -OCH3 is 1. The fourth-order valence-electron chi connectivity index (χ4n) is 4.04. The third-order valence-electron chi connectivity index (χ3n) is 5.80. The highest BCUT2D eigenvalue weighted by atomic mass is 32.2. The number of nitrogens with zero attached hydrogens (tertiary/aromatic N) is 2. The van der Waals surface area contributed by atoms with E-state index in [4.69, 9.17) is 4.74 Å². The summed E-state index contributed by atoms with van der Waals surface area (Å²) in [5.41, 5.74) is 3.67. The highest BCUT2D eigenvalue weighted by molar-refractivity contribution is 8.00. The average molecular weight is 518 g/mol. The second-order valence-corrected chi connectivity index (χ2v) is 11.6. The van der Waals surface area contributed by atoms with Gasteiger partial charge in [0.25, 0.3) is 5.91 Å². The van der Waals surface area contributed by atoms with Crippen molar-refractivity contribution in [3.05, 3.63) is 44.6 Å². The fraction of sp³-hybridized carbons (Fsp3) is 0.417. The van der Waals surface area contributed by atoms with E-state index in [1.54, 1.807) is 0 Å². The predicted molar refractivity (Wildman–Crippen MR) is 139 cm³/mol. The van der Waals surface area contributed by atoms with E-state index in [1.165, 1.54) is 41.5 Å². The number of anilines is 1. The molecular formula is C24H27N3O4S3. The van der Waals surface area contributed by atoms with Crippen molar-refractivity contribution >= 4 is 67.4 Å². The lowest BCUT2D eigenvalue weighted by atomic mass is 9.88. The molecule has 1 atom stereocenters. The van der Waals surface area contributed by atoms with Crippen molar-refractivity contribution in [1.29, 1.82) is 0 Å².